The van der Waals surface area contributed by atoms with Crippen LogP contribution in [0.25, 0.3) is 0 Å². The predicted molar refractivity (Wildman–Crippen MR) is 77.2 cm³/mol. The summed E-state index contributed by atoms with van der Waals surface area (Å²) in [6.45, 7) is -0.0248. The first kappa shape index (κ1) is 15.0. The summed E-state index contributed by atoms with van der Waals surface area (Å²) in [5.41, 5.74) is 0.336. The van der Waals surface area contributed by atoms with Crippen LogP contribution in [0.1, 0.15) is 36.2 Å². The highest BCUT2D eigenvalue weighted by atomic mass is 79.9. The van der Waals surface area contributed by atoms with Gasteiger partial charge in [-0.2, -0.15) is 0 Å². The molecule has 1 aliphatic rings. The second-order valence-corrected chi connectivity index (χ2v) is 5.64. The van der Waals surface area contributed by atoms with Gasteiger partial charge < -0.3 is 9.64 Å². The van der Waals surface area contributed by atoms with E-state index in [4.69, 9.17) is 4.74 Å². The molecule has 1 heterocycles. The van der Waals surface area contributed by atoms with Crippen LogP contribution in [0.3, 0.4) is 0 Å². The molecule has 108 valence electrons. The van der Waals surface area contributed by atoms with Crippen molar-refractivity contribution in [3.8, 4) is 0 Å². The van der Waals surface area contributed by atoms with E-state index in [2.05, 4.69) is 20.9 Å². The average Bonchev–Trinajstić information content (AvgIpc) is 2.98. The van der Waals surface area contributed by atoms with Crippen LogP contribution in [0.5, 0.6) is 0 Å². The number of nitrogens with zero attached hydrogens (tertiary/aromatic N) is 2. The normalized spacial score (nSPS) is 15.1. The van der Waals surface area contributed by atoms with E-state index in [1.54, 1.807) is 23.2 Å². The summed E-state index contributed by atoms with van der Waals surface area (Å²) in [6.07, 6.45) is 5.58. The Labute approximate surface area is 126 Å². The predicted octanol–water partition coefficient (Wildman–Crippen LogP) is 2.40. The van der Waals surface area contributed by atoms with E-state index < -0.39 is 5.97 Å². The number of pyridine rings is 1. The number of hydrogen-bond acceptors (Lipinski definition) is 4. The van der Waals surface area contributed by atoms with Crippen LogP contribution in [-0.2, 0) is 9.53 Å². The lowest BCUT2D eigenvalue weighted by molar-refractivity contribution is -0.141. The van der Waals surface area contributed by atoms with Gasteiger partial charge in [0.1, 0.15) is 12.2 Å². The Morgan fingerprint density at radius 3 is 2.75 bits per heavy atom. The molecular formula is C14H17BrN2O3. The van der Waals surface area contributed by atoms with Gasteiger partial charge in [0.05, 0.1) is 7.11 Å². The third kappa shape index (κ3) is 3.36. The van der Waals surface area contributed by atoms with E-state index in [9.17, 15) is 9.59 Å². The van der Waals surface area contributed by atoms with E-state index >= 15 is 0 Å². The van der Waals surface area contributed by atoms with Crippen LogP contribution in [0.4, 0.5) is 0 Å². The summed E-state index contributed by atoms with van der Waals surface area (Å²) in [6, 6.07) is 3.61. The summed E-state index contributed by atoms with van der Waals surface area (Å²) in [4.78, 5) is 29.9. The summed E-state index contributed by atoms with van der Waals surface area (Å²) >= 11 is 3.33. The third-order valence-electron chi connectivity index (χ3n) is 3.51. The molecule has 1 saturated carbocycles. The highest BCUT2D eigenvalue weighted by Gasteiger charge is 2.30. The Bertz CT molecular complexity index is 501. The molecule has 0 spiro atoms. The lowest BCUT2D eigenvalue weighted by Gasteiger charge is -2.27. The Kier molecular flexibility index (Phi) is 5.11. The Morgan fingerprint density at radius 1 is 1.45 bits per heavy atom. The second-order valence-electron chi connectivity index (χ2n) is 4.78. The number of halogens is 1. The minimum atomic E-state index is -0.405. The summed E-state index contributed by atoms with van der Waals surface area (Å²) in [5.74, 6) is -0.632. The number of ether oxygens (including phenoxy) is 1. The molecule has 0 saturated heterocycles. The first-order valence-corrected chi connectivity index (χ1v) is 7.41. The van der Waals surface area contributed by atoms with Crippen molar-refractivity contribution < 1.29 is 14.3 Å². The molecule has 20 heavy (non-hydrogen) atoms. The van der Waals surface area contributed by atoms with Gasteiger partial charge in [0, 0.05) is 16.7 Å². The maximum Gasteiger partial charge on any atom is 0.325 e. The standard InChI is InChI=1S/C14H17BrN2O3/c1-20-12(18)9-17(10-5-2-3-6-10)14(19)13-11(15)7-4-8-16-13/h4,7-8,10H,2-3,5-6,9H2,1H3. The lowest BCUT2D eigenvalue weighted by Crippen LogP contribution is -2.43. The van der Waals surface area contributed by atoms with Crippen LogP contribution < -0.4 is 0 Å². The first-order valence-electron chi connectivity index (χ1n) is 6.61. The number of methoxy groups -OCH3 is 1. The highest BCUT2D eigenvalue weighted by Crippen LogP contribution is 2.26. The number of amides is 1. The van der Waals surface area contributed by atoms with Crippen molar-refractivity contribution in [1.82, 2.24) is 9.88 Å². The van der Waals surface area contributed by atoms with Gasteiger partial charge in [-0.3, -0.25) is 9.59 Å². The van der Waals surface area contributed by atoms with Crippen molar-refractivity contribution in [2.45, 2.75) is 31.7 Å². The van der Waals surface area contributed by atoms with E-state index in [0.29, 0.717) is 10.2 Å². The molecule has 0 aromatic carbocycles. The van der Waals surface area contributed by atoms with Gasteiger partial charge in [0.15, 0.2) is 0 Å². The molecule has 0 aliphatic heterocycles. The molecular weight excluding hydrogens is 324 g/mol. The molecule has 6 heteroatoms. The van der Waals surface area contributed by atoms with Gasteiger partial charge >= 0.3 is 5.97 Å². The third-order valence-corrected chi connectivity index (χ3v) is 4.15. The van der Waals surface area contributed by atoms with E-state index in [1.807, 2.05) is 0 Å². The maximum absolute atomic E-state index is 12.6. The van der Waals surface area contributed by atoms with Crippen molar-refractivity contribution in [1.29, 1.82) is 0 Å². The number of aromatic nitrogens is 1. The fraction of sp³-hybridized carbons (Fsp3) is 0.500. The molecule has 1 amide bonds. The number of esters is 1. The topological polar surface area (TPSA) is 59.5 Å². The SMILES string of the molecule is COC(=O)CN(C(=O)c1ncccc1Br)C1CCCC1. The van der Waals surface area contributed by atoms with Gasteiger partial charge in [0.25, 0.3) is 5.91 Å². The lowest BCUT2D eigenvalue weighted by atomic mass is 10.2. The average molecular weight is 341 g/mol. The largest absolute Gasteiger partial charge is 0.468 e. The monoisotopic (exact) mass is 340 g/mol. The molecule has 0 N–H and O–H groups in total. The van der Waals surface area contributed by atoms with Gasteiger partial charge in [-0.15, -0.1) is 0 Å². The molecule has 1 aromatic heterocycles. The molecule has 0 bridgehead atoms. The van der Waals surface area contributed by atoms with Gasteiger partial charge in [-0.25, -0.2) is 4.98 Å². The van der Waals surface area contributed by atoms with Crippen LogP contribution >= 0.6 is 15.9 Å². The molecule has 0 radical (unpaired) electrons. The minimum absolute atomic E-state index is 0.0248. The Morgan fingerprint density at radius 2 is 2.15 bits per heavy atom. The number of carbonyl (C=O) groups excluding carboxylic acids is 2. The van der Waals surface area contributed by atoms with E-state index in [-0.39, 0.29) is 18.5 Å². The van der Waals surface area contributed by atoms with Gasteiger partial charge in [-0.05, 0) is 40.9 Å². The fourth-order valence-electron chi connectivity index (χ4n) is 2.47. The van der Waals surface area contributed by atoms with E-state index in [0.717, 1.165) is 25.7 Å². The van der Waals surface area contributed by atoms with E-state index in [1.165, 1.54) is 7.11 Å². The van der Waals surface area contributed by atoms with Gasteiger partial charge in [-0.1, -0.05) is 12.8 Å². The molecule has 0 atom stereocenters. The van der Waals surface area contributed by atoms with Crippen LogP contribution in [0, 0.1) is 0 Å². The van der Waals surface area contributed by atoms with Crippen LogP contribution in [0.15, 0.2) is 22.8 Å². The number of hydrogen-bond donors (Lipinski definition) is 0. The van der Waals surface area contributed by atoms with Gasteiger partial charge in [0.2, 0.25) is 0 Å². The quantitative estimate of drug-likeness (QED) is 0.789. The molecule has 1 fully saturated rings. The molecule has 2 rings (SSSR count). The first-order chi connectivity index (χ1) is 9.63. The van der Waals surface area contributed by atoms with Crippen molar-refractivity contribution >= 4 is 27.8 Å². The highest BCUT2D eigenvalue weighted by molar-refractivity contribution is 9.10. The smallest absolute Gasteiger partial charge is 0.325 e. The Balaban J connectivity index is 2.23. The zero-order valence-electron chi connectivity index (χ0n) is 11.3. The zero-order chi connectivity index (χ0) is 14.5. The molecule has 5 nitrogen and oxygen atoms in total. The Hall–Kier alpha value is -1.43. The summed E-state index contributed by atoms with van der Waals surface area (Å²) < 4.78 is 5.33. The summed E-state index contributed by atoms with van der Waals surface area (Å²) in [5, 5.41) is 0. The fourth-order valence-corrected chi connectivity index (χ4v) is 2.89. The maximum atomic E-state index is 12.6. The van der Waals surface area contributed by atoms with Crippen molar-refractivity contribution in [2.24, 2.45) is 0 Å². The van der Waals surface area contributed by atoms with Crippen molar-refractivity contribution in [2.75, 3.05) is 13.7 Å². The molecule has 0 unspecified atom stereocenters. The molecule has 1 aliphatic carbocycles. The number of carbonyl (C=O) groups is 2. The summed E-state index contributed by atoms with van der Waals surface area (Å²) in [7, 11) is 1.33. The minimum Gasteiger partial charge on any atom is -0.468 e. The molecule has 1 aromatic rings. The van der Waals surface area contributed by atoms with Crippen molar-refractivity contribution in [3.63, 3.8) is 0 Å². The second kappa shape index (κ2) is 6.83. The van der Waals surface area contributed by atoms with Crippen molar-refractivity contribution in [3.05, 3.63) is 28.5 Å². The van der Waals surface area contributed by atoms with Crippen LogP contribution in [-0.4, -0.2) is 41.5 Å². The number of rotatable bonds is 4. The zero-order valence-corrected chi connectivity index (χ0v) is 12.9. The van der Waals surface area contributed by atoms with Crippen LogP contribution in [0.2, 0.25) is 0 Å².